The average Bonchev–Trinajstić information content (AvgIpc) is 2.28. The van der Waals surface area contributed by atoms with Crippen molar-refractivity contribution in [2.75, 3.05) is 27.8 Å². The van der Waals surface area contributed by atoms with E-state index in [0.29, 0.717) is 17.1 Å². The summed E-state index contributed by atoms with van der Waals surface area (Å²) in [5, 5.41) is 2.81. The molecule has 0 aliphatic rings. The van der Waals surface area contributed by atoms with Gasteiger partial charge in [0, 0.05) is 4.47 Å². The van der Waals surface area contributed by atoms with Gasteiger partial charge in [-0.1, -0.05) is 15.9 Å². The molecule has 0 spiro atoms. The number of hydrogen-bond acceptors (Lipinski definition) is 4. The normalized spacial score (nSPS) is 10.0. The van der Waals surface area contributed by atoms with Crippen LogP contribution in [0.3, 0.4) is 0 Å². The Morgan fingerprint density at radius 2 is 2.06 bits per heavy atom. The molecule has 0 saturated carbocycles. The number of benzene rings is 1. The van der Waals surface area contributed by atoms with E-state index in [4.69, 9.17) is 9.47 Å². The Bertz CT molecular complexity index is 393. The number of carbonyl (C=O) groups excluding carboxylic acids is 1. The van der Waals surface area contributed by atoms with E-state index in [2.05, 4.69) is 21.2 Å². The van der Waals surface area contributed by atoms with E-state index in [1.807, 2.05) is 0 Å². The third-order valence-corrected chi connectivity index (χ3v) is 2.54. The highest BCUT2D eigenvalue weighted by Crippen LogP contribution is 2.34. The van der Waals surface area contributed by atoms with Crippen LogP contribution in [0, 0.1) is 0 Å². The van der Waals surface area contributed by atoms with Crippen molar-refractivity contribution in [1.82, 2.24) is 5.32 Å². The van der Waals surface area contributed by atoms with Crippen LogP contribution in [0.15, 0.2) is 16.6 Å². The Morgan fingerprint density at radius 3 is 2.56 bits per heavy atom. The summed E-state index contributed by atoms with van der Waals surface area (Å²) in [4.78, 5) is 11.8. The molecular weight excluding hydrogens is 274 g/mol. The number of methoxy groups -OCH3 is 2. The van der Waals surface area contributed by atoms with Crippen LogP contribution < -0.4 is 14.8 Å². The maximum absolute atomic E-state index is 11.8. The molecule has 0 aliphatic heterocycles. The molecule has 0 aliphatic carbocycles. The van der Waals surface area contributed by atoms with E-state index in [1.54, 1.807) is 19.2 Å². The molecular formula is C11H14BrNO3. The van der Waals surface area contributed by atoms with Gasteiger partial charge in [0.2, 0.25) is 0 Å². The Morgan fingerprint density at radius 1 is 1.38 bits per heavy atom. The molecule has 0 unspecified atom stereocenters. The minimum Gasteiger partial charge on any atom is -0.493 e. The highest BCUT2D eigenvalue weighted by molar-refractivity contribution is 9.10. The Balaban J connectivity index is 3.24. The number of hydrogen-bond donors (Lipinski definition) is 1. The molecule has 0 atom stereocenters. The van der Waals surface area contributed by atoms with Gasteiger partial charge in [-0.3, -0.25) is 4.79 Å². The molecule has 1 N–H and O–H groups in total. The van der Waals surface area contributed by atoms with Gasteiger partial charge in [-0.25, -0.2) is 0 Å². The van der Waals surface area contributed by atoms with E-state index in [1.165, 1.54) is 14.2 Å². The fourth-order valence-corrected chi connectivity index (χ4v) is 1.83. The summed E-state index contributed by atoms with van der Waals surface area (Å²) in [6, 6.07) is 3.48. The highest BCUT2D eigenvalue weighted by Gasteiger charge is 2.17. The average molecular weight is 288 g/mol. The quantitative estimate of drug-likeness (QED) is 0.840. The largest absolute Gasteiger partial charge is 0.493 e. The second kappa shape index (κ2) is 5.86. The molecule has 0 fully saturated rings. The number of ketones is 1. The number of halogens is 1. The summed E-state index contributed by atoms with van der Waals surface area (Å²) in [7, 11) is 4.78. The summed E-state index contributed by atoms with van der Waals surface area (Å²) in [6.07, 6.45) is 0. The number of likely N-dealkylation sites (N-methyl/N-ethyl adjacent to an activating group) is 1. The molecule has 16 heavy (non-hydrogen) atoms. The number of Topliss-reactive ketones (excluding diaryl/α,β-unsaturated/α-hetero) is 1. The Hall–Kier alpha value is -1.07. The van der Waals surface area contributed by atoms with Crippen LogP contribution in [0.4, 0.5) is 0 Å². The molecule has 0 heterocycles. The van der Waals surface area contributed by atoms with Crippen molar-refractivity contribution in [2.24, 2.45) is 0 Å². The van der Waals surface area contributed by atoms with Crippen LogP contribution in [0.25, 0.3) is 0 Å². The van der Waals surface area contributed by atoms with E-state index in [-0.39, 0.29) is 12.3 Å². The molecule has 0 bridgehead atoms. The minimum absolute atomic E-state index is 0.0426. The fourth-order valence-electron chi connectivity index (χ4n) is 1.39. The van der Waals surface area contributed by atoms with Gasteiger partial charge < -0.3 is 14.8 Å². The molecule has 88 valence electrons. The highest BCUT2D eigenvalue weighted by atomic mass is 79.9. The molecule has 1 aromatic rings. The van der Waals surface area contributed by atoms with Gasteiger partial charge in [0.1, 0.15) is 0 Å². The van der Waals surface area contributed by atoms with Crippen molar-refractivity contribution in [3.05, 3.63) is 22.2 Å². The van der Waals surface area contributed by atoms with Crippen molar-refractivity contribution in [3.8, 4) is 11.5 Å². The molecule has 0 radical (unpaired) electrons. The molecule has 5 heteroatoms. The standard InChI is InChI=1S/C11H14BrNO3/c1-13-6-9(14)8-4-7(12)5-10(15-2)11(8)16-3/h4-5,13H,6H2,1-3H3. The Labute approximate surface area is 103 Å². The van der Waals surface area contributed by atoms with Gasteiger partial charge in [0.15, 0.2) is 17.3 Å². The third-order valence-electron chi connectivity index (χ3n) is 2.08. The van der Waals surface area contributed by atoms with Gasteiger partial charge in [-0.05, 0) is 19.2 Å². The number of nitrogens with one attached hydrogen (secondary N) is 1. The topological polar surface area (TPSA) is 47.6 Å². The van der Waals surface area contributed by atoms with Crippen molar-refractivity contribution in [2.45, 2.75) is 0 Å². The summed E-state index contributed by atoms with van der Waals surface area (Å²) in [5.74, 6) is 0.959. The van der Waals surface area contributed by atoms with Gasteiger partial charge in [0.05, 0.1) is 26.3 Å². The number of ether oxygens (including phenoxy) is 2. The van der Waals surface area contributed by atoms with E-state index >= 15 is 0 Å². The van der Waals surface area contributed by atoms with Crippen LogP contribution in [-0.4, -0.2) is 33.6 Å². The first-order valence-electron chi connectivity index (χ1n) is 4.73. The van der Waals surface area contributed by atoms with Gasteiger partial charge in [-0.15, -0.1) is 0 Å². The summed E-state index contributed by atoms with van der Waals surface area (Å²) >= 11 is 3.33. The fraction of sp³-hybridized carbons (Fsp3) is 0.364. The van der Waals surface area contributed by atoms with Crippen LogP contribution in [0.1, 0.15) is 10.4 Å². The second-order valence-electron chi connectivity index (χ2n) is 3.14. The summed E-state index contributed by atoms with van der Waals surface area (Å²) < 4.78 is 11.1. The second-order valence-corrected chi connectivity index (χ2v) is 4.06. The first kappa shape index (κ1) is 13.0. The number of carbonyl (C=O) groups is 1. The zero-order chi connectivity index (χ0) is 12.1. The third kappa shape index (κ3) is 2.74. The maximum atomic E-state index is 11.8. The molecule has 1 aromatic carbocycles. The smallest absolute Gasteiger partial charge is 0.180 e. The molecule has 0 aromatic heterocycles. The SMILES string of the molecule is CNCC(=O)c1cc(Br)cc(OC)c1OC. The predicted molar refractivity (Wildman–Crippen MR) is 65.5 cm³/mol. The predicted octanol–water partition coefficient (Wildman–Crippen LogP) is 1.87. The molecule has 4 nitrogen and oxygen atoms in total. The summed E-state index contributed by atoms with van der Waals surface area (Å²) in [5.41, 5.74) is 0.503. The van der Waals surface area contributed by atoms with Gasteiger partial charge in [-0.2, -0.15) is 0 Å². The monoisotopic (exact) mass is 287 g/mol. The lowest BCUT2D eigenvalue weighted by Gasteiger charge is -2.12. The van der Waals surface area contributed by atoms with Crippen molar-refractivity contribution in [1.29, 1.82) is 0 Å². The van der Waals surface area contributed by atoms with Crippen LogP contribution >= 0.6 is 15.9 Å². The van der Waals surface area contributed by atoms with Crippen molar-refractivity contribution >= 4 is 21.7 Å². The molecule has 0 amide bonds. The lowest BCUT2D eigenvalue weighted by Crippen LogP contribution is -2.19. The maximum Gasteiger partial charge on any atom is 0.180 e. The lowest BCUT2D eigenvalue weighted by atomic mass is 10.1. The molecule has 0 saturated heterocycles. The number of rotatable bonds is 5. The Kier molecular flexibility index (Phi) is 4.76. The first-order chi connectivity index (χ1) is 7.63. The van der Waals surface area contributed by atoms with E-state index < -0.39 is 0 Å². The van der Waals surface area contributed by atoms with E-state index in [0.717, 1.165) is 4.47 Å². The minimum atomic E-state index is -0.0426. The van der Waals surface area contributed by atoms with Crippen LogP contribution in [0.2, 0.25) is 0 Å². The first-order valence-corrected chi connectivity index (χ1v) is 5.52. The van der Waals surface area contributed by atoms with Crippen molar-refractivity contribution < 1.29 is 14.3 Å². The zero-order valence-corrected chi connectivity index (χ0v) is 11.1. The zero-order valence-electron chi connectivity index (χ0n) is 9.46. The summed E-state index contributed by atoms with van der Waals surface area (Å²) in [6.45, 7) is 0.260. The van der Waals surface area contributed by atoms with Crippen molar-refractivity contribution in [3.63, 3.8) is 0 Å². The van der Waals surface area contributed by atoms with Crippen LogP contribution in [-0.2, 0) is 0 Å². The molecule has 1 rings (SSSR count). The van der Waals surface area contributed by atoms with Gasteiger partial charge >= 0.3 is 0 Å². The lowest BCUT2D eigenvalue weighted by molar-refractivity contribution is 0.0990. The van der Waals surface area contributed by atoms with Crippen LogP contribution in [0.5, 0.6) is 11.5 Å². The van der Waals surface area contributed by atoms with E-state index in [9.17, 15) is 4.79 Å². The van der Waals surface area contributed by atoms with Gasteiger partial charge in [0.25, 0.3) is 0 Å².